The zero-order chi connectivity index (χ0) is 15.7. The van der Waals surface area contributed by atoms with Crippen LogP contribution in [0.5, 0.6) is 0 Å². The van der Waals surface area contributed by atoms with Gasteiger partial charge in [0.2, 0.25) is 5.91 Å². The number of sulfone groups is 1. The number of halogens is 1. The van der Waals surface area contributed by atoms with E-state index >= 15 is 0 Å². The molecular weight excluding hydrogens is 368 g/mol. The van der Waals surface area contributed by atoms with Gasteiger partial charge in [-0.15, -0.1) is 0 Å². The number of rotatable bonds is 4. The number of carbonyl (C=O) groups is 1. The van der Waals surface area contributed by atoms with Crippen molar-refractivity contribution in [3.05, 3.63) is 34.3 Å². The average molecular weight is 387 g/mol. The second kappa shape index (κ2) is 6.29. The minimum absolute atomic E-state index is 0.0968. The highest BCUT2D eigenvalue weighted by Crippen LogP contribution is 2.26. The predicted molar refractivity (Wildman–Crippen MR) is 88.1 cm³/mol. The summed E-state index contributed by atoms with van der Waals surface area (Å²) in [6.45, 7) is 3.23. The SMILES string of the molecule is O=C(CS(=O)(=O)Cc1cccc(Br)c1)N1C[C@H]2CNC[C@H]2C1. The van der Waals surface area contributed by atoms with Crippen LogP contribution in [-0.4, -0.2) is 51.2 Å². The number of nitrogens with one attached hydrogen (secondary N) is 1. The summed E-state index contributed by atoms with van der Waals surface area (Å²) in [7, 11) is -3.44. The van der Waals surface area contributed by atoms with E-state index < -0.39 is 15.6 Å². The molecule has 2 saturated heterocycles. The third-order valence-corrected chi connectivity index (χ3v) is 6.31. The van der Waals surface area contributed by atoms with Crippen molar-refractivity contribution in [1.29, 1.82) is 0 Å². The molecule has 120 valence electrons. The monoisotopic (exact) mass is 386 g/mol. The molecule has 0 radical (unpaired) electrons. The van der Waals surface area contributed by atoms with Crippen LogP contribution in [0.3, 0.4) is 0 Å². The molecule has 2 fully saturated rings. The lowest BCUT2D eigenvalue weighted by Crippen LogP contribution is -2.36. The van der Waals surface area contributed by atoms with Crippen LogP contribution in [0.1, 0.15) is 5.56 Å². The molecule has 2 atom stereocenters. The van der Waals surface area contributed by atoms with Gasteiger partial charge < -0.3 is 10.2 Å². The van der Waals surface area contributed by atoms with E-state index in [0.29, 0.717) is 30.5 Å². The van der Waals surface area contributed by atoms with E-state index in [2.05, 4.69) is 21.2 Å². The molecule has 1 amide bonds. The number of hydrogen-bond donors (Lipinski definition) is 1. The highest BCUT2D eigenvalue weighted by atomic mass is 79.9. The summed E-state index contributed by atoms with van der Waals surface area (Å²) in [5.41, 5.74) is 0.699. The van der Waals surface area contributed by atoms with E-state index in [0.717, 1.165) is 17.6 Å². The van der Waals surface area contributed by atoms with Crippen LogP contribution in [0.25, 0.3) is 0 Å². The largest absolute Gasteiger partial charge is 0.341 e. The minimum Gasteiger partial charge on any atom is -0.341 e. The van der Waals surface area contributed by atoms with Crippen molar-refractivity contribution in [1.82, 2.24) is 10.2 Å². The Labute approximate surface area is 139 Å². The standard InChI is InChI=1S/C15H19BrN2O3S/c16-14-3-1-2-11(4-14)9-22(20,21)10-15(19)18-7-12-5-17-6-13(12)8-18/h1-4,12-13,17H,5-10H2/t12-,13+. The summed E-state index contributed by atoms with van der Waals surface area (Å²) in [5.74, 6) is 0.213. The first-order valence-electron chi connectivity index (χ1n) is 7.36. The van der Waals surface area contributed by atoms with Crippen molar-refractivity contribution in [2.45, 2.75) is 5.75 Å². The molecule has 2 aliphatic heterocycles. The van der Waals surface area contributed by atoms with E-state index in [4.69, 9.17) is 0 Å². The highest BCUT2D eigenvalue weighted by molar-refractivity contribution is 9.10. The second-order valence-electron chi connectivity index (χ2n) is 6.14. The number of hydrogen-bond acceptors (Lipinski definition) is 4. The normalized spacial score (nSPS) is 24.5. The third kappa shape index (κ3) is 3.70. The molecule has 1 aromatic rings. The van der Waals surface area contributed by atoms with Crippen molar-refractivity contribution in [2.24, 2.45) is 11.8 Å². The van der Waals surface area contributed by atoms with E-state index in [1.54, 1.807) is 23.1 Å². The van der Waals surface area contributed by atoms with Gasteiger partial charge in [-0.05, 0) is 29.5 Å². The van der Waals surface area contributed by atoms with Gasteiger partial charge in [-0.2, -0.15) is 0 Å². The smallest absolute Gasteiger partial charge is 0.237 e. The van der Waals surface area contributed by atoms with Crippen LogP contribution in [0.4, 0.5) is 0 Å². The molecule has 0 unspecified atom stereocenters. The number of likely N-dealkylation sites (tertiary alicyclic amines) is 1. The van der Waals surface area contributed by atoms with Crippen molar-refractivity contribution >= 4 is 31.7 Å². The van der Waals surface area contributed by atoms with Crippen LogP contribution in [0, 0.1) is 11.8 Å². The van der Waals surface area contributed by atoms with Crippen molar-refractivity contribution in [3.8, 4) is 0 Å². The summed E-state index contributed by atoms with van der Waals surface area (Å²) in [6.07, 6.45) is 0. The Balaban J connectivity index is 1.60. The van der Waals surface area contributed by atoms with Gasteiger partial charge in [-0.3, -0.25) is 4.79 Å². The maximum absolute atomic E-state index is 12.3. The molecule has 0 spiro atoms. The summed E-state index contributed by atoms with van der Waals surface area (Å²) >= 11 is 3.33. The van der Waals surface area contributed by atoms with Gasteiger partial charge >= 0.3 is 0 Å². The Hall–Kier alpha value is -0.920. The Kier molecular flexibility index (Phi) is 4.56. The first-order valence-corrected chi connectivity index (χ1v) is 9.98. The zero-order valence-corrected chi connectivity index (χ0v) is 14.6. The Morgan fingerprint density at radius 2 is 1.95 bits per heavy atom. The average Bonchev–Trinajstić information content (AvgIpc) is 2.97. The summed E-state index contributed by atoms with van der Waals surface area (Å²) in [6, 6.07) is 7.18. The van der Waals surface area contributed by atoms with Crippen molar-refractivity contribution in [2.75, 3.05) is 31.9 Å². The lowest BCUT2D eigenvalue weighted by molar-refractivity contribution is -0.127. The quantitative estimate of drug-likeness (QED) is 0.839. The highest BCUT2D eigenvalue weighted by Gasteiger charge is 2.38. The number of carbonyl (C=O) groups excluding carboxylic acids is 1. The Morgan fingerprint density at radius 3 is 2.59 bits per heavy atom. The van der Waals surface area contributed by atoms with Crippen molar-refractivity contribution in [3.63, 3.8) is 0 Å². The number of amides is 1. The van der Waals surface area contributed by atoms with Gasteiger partial charge in [0.1, 0.15) is 5.75 Å². The molecule has 0 saturated carbocycles. The van der Waals surface area contributed by atoms with Crippen LogP contribution < -0.4 is 5.32 Å². The van der Waals surface area contributed by atoms with Crippen LogP contribution in [-0.2, 0) is 20.4 Å². The lowest BCUT2D eigenvalue weighted by Gasteiger charge is -2.17. The topological polar surface area (TPSA) is 66.5 Å². The molecule has 3 rings (SSSR count). The van der Waals surface area contributed by atoms with Gasteiger partial charge in [-0.25, -0.2) is 8.42 Å². The van der Waals surface area contributed by atoms with Crippen LogP contribution in [0.2, 0.25) is 0 Å². The Bertz CT molecular complexity index is 665. The molecule has 2 aliphatic rings. The Morgan fingerprint density at radius 1 is 1.27 bits per heavy atom. The summed E-state index contributed by atoms with van der Waals surface area (Å²) < 4.78 is 25.3. The first kappa shape index (κ1) is 16.0. The molecular formula is C15H19BrN2O3S. The predicted octanol–water partition coefficient (Wildman–Crippen LogP) is 1.04. The van der Waals surface area contributed by atoms with Crippen LogP contribution in [0.15, 0.2) is 28.7 Å². The number of benzene rings is 1. The second-order valence-corrected chi connectivity index (χ2v) is 9.12. The van der Waals surface area contributed by atoms with Gasteiger partial charge in [0, 0.05) is 30.7 Å². The summed E-state index contributed by atoms with van der Waals surface area (Å²) in [5, 5.41) is 3.31. The van der Waals surface area contributed by atoms with Gasteiger partial charge in [-0.1, -0.05) is 28.1 Å². The van der Waals surface area contributed by atoms with E-state index in [1.165, 1.54) is 0 Å². The zero-order valence-electron chi connectivity index (χ0n) is 12.2. The van der Waals surface area contributed by atoms with Gasteiger partial charge in [0.25, 0.3) is 0 Å². The molecule has 1 aromatic carbocycles. The van der Waals surface area contributed by atoms with Crippen molar-refractivity contribution < 1.29 is 13.2 Å². The maximum Gasteiger partial charge on any atom is 0.237 e. The molecule has 2 heterocycles. The molecule has 22 heavy (non-hydrogen) atoms. The molecule has 1 N–H and O–H groups in total. The molecule has 7 heteroatoms. The third-order valence-electron chi connectivity index (χ3n) is 4.36. The van der Waals surface area contributed by atoms with E-state index in [9.17, 15) is 13.2 Å². The fourth-order valence-electron chi connectivity index (χ4n) is 3.27. The molecule has 0 aliphatic carbocycles. The fourth-order valence-corrected chi connectivity index (χ4v) is 5.07. The van der Waals surface area contributed by atoms with E-state index in [-0.39, 0.29) is 11.7 Å². The minimum atomic E-state index is -3.44. The first-order chi connectivity index (χ1) is 10.4. The fraction of sp³-hybridized carbons (Fsp3) is 0.533. The number of nitrogens with zero attached hydrogens (tertiary/aromatic N) is 1. The van der Waals surface area contributed by atoms with E-state index in [1.807, 2.05) is 6.07 Å². The number of fused-ring (bicyclic) bond motifs is 1. The lowest BCUT2D eigenvalue weighted by atomic mass is 10.0. The molecule has 0 aromatic heterocycles. The van der Waals surface area contributed by atoms with Gasteiger partial charge in [0.15, 0.2) is 9.84 Å². The van der Waals surface area contributed by atoms with Gasteiger partial charge in [0.05, 0.1) is 5.75 Å². The molecule has 0 bridgehead atoms. The molecule has 5 nitrogen and oxygen atoms in total. The van der Waals surface area contributed by atoms with Crippen LogP contribution >= 0.6 is 15.9 Å². The maximum atomic E-state index is 12.3. The summed E-state index contributed by atoms with van der Waals surface area (Å²) in [4.78, 5) is 14.0.